The summed E-state index contributed by atoms with van der Waals surface area (Å²) in [7, 11) is 0. The van der Waals surface area contributed by atoms with Gasteiger partial charge < -0.3 is 15.0 Å². The Morgan fingerprint density at radius 2 is 1.48 bits per heavy atom. The maximum absolute atomic E-state index is 13.9. The number of amides is 2. The summed E-state index contributed by atoms with van der Waals surface area (Å²) in [4.78, 5) is 29.5. The fourth-order valence-electron chi connectivity index (χ4n) is 5.43. The van der Waals surface area contributed by atoms with Crippen molar-refractivity contribution in [2.24, 2.45) is 0 Å². The van der Waals surface area contributed by atoms with Crippen molar-refractivity contribution in [1.82, 2.24) is 10.2 Å². The zero-order valence-electron chi connectivity index (χ0n) is 22.6. The Morgan fingerprint density at radius 3 is 2.20 bits per heavy atom. The van der Waals surface area contributed by atoms with Crippen LogP contribution in [0.15, 0.2) is 102 Å². The molecule has 1 saturated carbocycles. The van der Waals surface area contributed by atoms with Crippen LogP contribution in [0.2, 0.25) is 0 Å². The average molecular weight is 600 g/mol. The average Bonchev–Trinajstić information content (AvgIpc) is 3.00. The van der Waals surface area contributed by atoms with Gasteiger partial charge in [-0.2, -0.15) is 0 Å². The summed E-state index contributed by atoms with van der Waals surface area (Å²) in [6.45, 7) is 0.142. The van der Waals surface area contributed by atoms with Gasteiger partial charge in [0.2, 0.25) is 5.91 Å². The zero-order chi connectivity index (χ0) is 27.7. The summed E-state index contributed by atoms with van der Waals surface area (Å²) in [6, 6.07) is 31.1. The van der Waals surface area contributed by atoms with Crippen molar-refractivity contribution in [3.63, 3.8) is 0 Å². The van der Waals surface area contributed by atoms with Crippen LogP contribution >= 0.6 is 15.9 Å². The monoisotopic (exact) mass is 598 g/mol. The van der Waals surface area contributed by atoms with Crippen LogP contribution in [0, 0.1) is 0 Å². The molecule has 1 aliphatic rings. The van der Waals surface area contributed by atoms with Gasteiger partial charge in [0.25, 0.3) is 5.91 Å². The third-order valence-corrected chi connectivity index (χ3v) is 8.42. The summed E-state index contributed by atoms with van der Waals surface area (Å²) in [5, 5.41) is 5.38. The molecule has 5 nitrogen and oxygen atoms in total. The number of hydrogen-bond donors (Lipinski definition) is 1. The van der Waals surface area contributed by atoms with E-state index < -0.39 is 6.04 Å². The van der Waals surface area contributed by atoms with Crippen LogP contribution in [0.5, 0.6) is 5.75 Å². The Labute approximate surface area is 244 Å². The van der Waals surface area contributed by atoms with E-state index in [0.717, 1.165) is 52.1 Å². The number of ether oxygens (including phenoxy) is 1. The van der Waals surface area contributed by atoms with Gasteiger partial charge in [-0.15, -0.1) is 0 Å². The number of halogens is 1. The lowest BCUT2D eigenvalue weighted by Crippen LogP contribution is -2.53. The highest BCUT2D eigenvalue weighted by molar-refractivity contribution is 9.10. The quantitative estimate of drug-likeness (QED) is 0.212. The standard InChI is InChI=1S/C34H35BrN2O3/c35-33-29-19-11-10-16-27(29)20-21-31(33)40-24-32(38)37(23-26-14-6-2-7-15-26)30(22-25-12-4-1-5-13-25)34(39)36-28-17-8-3-9-18-28/h1-2,4-7,10-16,19-21,28,30H,3,8-9,17-18,22-24H2,(H,36,39)/t30-/m0/s1. The molecule has 1 fully saturated rings. The van der Waals surface area contributed by atoms with Gasteiger partial charge in [-0.25, -0.2) is 0 Å². The Bertz CT molecular complexity index is 1420. The normalized spacial score (nSPS) is 14.4. The molecular weight excluding hydrogens is 564 g/mol. The van der Waals surface area contributed by atoms with Gasteiger partial charge >= 0.3 is 0 Å². The summed E-state index contributed by atoms with van der Waals surface area (Å²) in [5.41, 5.74) is 1.97. The van der Waals surface area contributed by atoms with Gasteiger partial charge in [0, 0.05) is 19.0 Å². The molecule has 0 unspecified atom stereocenters. The van der Waals surface area contributed by atoms with E-state index in [2.05, 4.69) is 21.2 Å². The van der Waals surface area contributed by atoms with E-state index in [1.165, 1.54) is 6.42 Å². The highest BCUT2D eigenvalue weighted by Gasteiger charge is 2.32. The first-order valence-electron chi connectivity index (χ1n) is 14.1. The van der Waals surface area contributed by atoms with Crippen molar-refractivity contribution in [2.45, 2.75) is 57.2 Å². The van der Waals surface area contributed by atoms with E-state index in [9.17, 15) is 9.59 Å². The van der Waals surface area contributed by atoms with Crippen LogP contribution in [-0.4, -0.2) is 35.4 Å². The minimum atomic E-state index is -0.666. The van der Waals surface area contributed by atoms with E-state index in [1.54, 1.807) is 4.90 Å². The molecule has 5 rings (SSSR count). The molecule has 0 bridgehead atoms. The van der Waals surface area contributed by atoms with Gasteiger partial charge in [0.15, 0.2) is 6.61 Å². The van der Waals surface area contributed by atoms with Crippen LogP contribution in [0.1, 0.15) is 43.2 Å². The number of hydrogen-bond acceptors (Lipinski definition) is 3. The SMILES string of the molecule is O=C(NC1CCCCC1)[C@H](Cc1ccccc1)N(Cc1ccccc1)C(=O)COc1ccc2ccccc2c1Br. The Kier molecular flexibility index (Phi) is 9.50. The summed E-state index contributed by atoms with van der Waals surface area (Å²) in [5.74, 6) is 0.258. The molecule has 40 heavy (non-hydrogen) atoms. The van der Waals surface area contributed by atoms with Gasteiger partial charge in [-0.1, -0.05) is 110 Å². The molecule has 0 radical (unpaired) electrons. The largest absolute Gasteiger partial charge is 0.483 e. The number of nitrogens with one attached hydrogen (secondary N) is 1. The molecule has 0 heterocycles. The van der Waals surface area contributed by atoms with E-state index in [0.29, 0.717) is 18.7 Å². The molecule has 0 saturated heterocycles. The van der Waals surface area contributed by atoms with Crippen molar-refractivity contribution in [1.29, 1.82) is 0 Å². The summed E-state index contributed by atoms with van der Waals surface area (Å²) in [6.07, 6.45) is 5.84. The fourth-order valence-corrected chi connectivity index (χ4v) is 6.03. The Morgan fingerprint density at radius 1 is 0.825 bits per heavy atom. The first-order chi connectivity index (χ1) is 19.6. The second-order valence-corrected chi connectivity index (χ2v) is 11.2. The molecule has 1 N–H and O–H groups in total. The minimum absolute atomic E-state index is 0.105. The van der Waals surface area contributed by atoms with Gasteiger partial charge in [0.1, 0.15) is 11.8 Å². The lowest BCUT2D eigenvalue weighted by atomic mass is 9.94. The highest BCUT2D eigenvalue weighted by Crippen LogP contribution is 2.33. The van der Waals surface area contributed by atoms with Crippen molar-refractivity contribution in [3.8, 4) is 5.75 Å². The number of carbonyl (C=O) groups is 2. The number of nitrogens with zero attached hydrogens (tertiary/aromatic N) is 1. The zero-order valence-corrected chi connectivity index (χ0v) is 24.2. The van der Waals surface area contributed by atoms with Crippen molar-refractivity contribution in [3.05, 3.63) is 113 Å². The number of benzene rings is 4. The second kappa shape index (κ2) is 13.6. The summed E-state index contributed by atoms with van der Waals surface area (Å²) < 4.78 is 6.89. The topological polar surface area (TPSA) is 58.6 Å². The number of rotatable bonds is 10. The molecule has 0 aliphatic heterocycles. The van der Waals surface area contributed by atoms with E-state index >= 15 is 0 Å². The molecule has 1 aliphatic carbocycles. The Hall–Kier alpha value is -3.64. The number of fused-ring (bicyclic) bond motifs is 1. The van der Waals surface area contributed by atoms with Crippen LogP contribution in [-0.2, 0) is 22.6 Å². The predicted octanol–water partition coefficient (Wildman–Crippen LogP) is 7.07. The van der Waals surface area contributed by atoms with E-state index in [1.807, 2.05) is 97.1 Å². The first kappa shape index (κ1) is 27.9. The molecular formula is C34H35BrN2O3. The predicted molar refractivity (Wildman–Crippen MR) is 163 cm³/mol. The van der Waals surface area contributed by atoms with Gasteiger partial charge in [-0.05, 0) is 56.7 Å². The Balaban J connectivity index is 1.41. The van der Waals surface area contributed by atoms with Gasteiger partial charge in [-0.3, -0.25) is 9.59 Å². The van der Waals surface area contributed by atoms with Crippen LogP contribution in [0.4, 0.5) is 0 Å². The van der Waals surface area contributed by atoms with Crippen LogP contribution < -0.4 is 10.1 Å². The molecule has 0 spiro atoms. The van der Waals surface area contributed by atoms with Crippen molar-refractivity contribution < 1.29 is 14.3 Å². The van der Waals surface area contributed by atoms with E-state index in [-0.39, 0.29) is 24.5 Å². The lowest BCUT2D eigenvalue weighted by molar-refractivity contribution is -0.143. The lowest BCUT2D eigenvalue weighted by Gasteiger charge is -2.33. The van der Waals surface area contributed by atoms with Crippen LogP contribution in [0.3, 0.4) is 0 Å². The number of carbonyl (C=O) groups excluding carboxylic acids is 2. The van der Waals surface area contributed by atoms with Gasteiger partial charge in [0.05, 0.1) is 4.47 Å². The van der Waals surface area contributed by atoms with Crippen molar-refractivity contribution in [2.75, 3.05) is 6.61 Å². The third kappa shape index (κ3) is 7.11. The molecule has 2 amide bonds. The molecule has 206 valence electrons. The molecule has 0 aromatic heterocycles. The third-order valence-electron chi connectivity index (χ3n) is 7.60. The molecule has 6 heteroatoms. The molecule has 1 atom stereocenters. The second-order valence-electron chi connectivity index (χ2n) is 10.4. The van der Waals surface area contributed by atoms with E-state index in [4.69, 9.17) is 4.74 Å². The van der Waals surface area contributed by atoms with Crippen molar-refractivity contribution >= 4 is 38.5 Å². The smallest absolute Gasteiger partial charge is 0.261 e. The van der Waals surface area contributed by atoms with Crippen LogP contribution in [0.25, 0.3) is 10.8 Å². The highest BCUT2D eigenvalue weighted by atomic mass is 79.9. The summed E-state index contributed by atoms with van der Waals surface area (Å²) >= 11 is 3.66. The fraction of sp³-hybridized carbons (Fsp3) is 0.294. The molecule has 4 aromatic carbocycles. The molecule has 4 aromatic rings. The maximum Gasteiger partial charge on any atom is 0.261 e. The minimum Gasteiger partial charge on any atom is -0.483 e. The first-order valence-corrected chi connectivity index (χ1v) is 14.9. The maximum atomic E-state index is 13.9.